The predicted molar refractivity (Wildman–Crippen MR) is 59.7 cm³/mol. The van der Waals surface area contributed by atoms with Crippen LogP contribution < -0.4 is 5.32 Å². The highest BCUT2D eigenvalue weighted by molar-refractivity contribution is 7.12. The van der Waals surface area contributed by atoms with Gasteiger partial charge in [0.15, 0.2) is 0 Å². The Labute approximate surface area is 95.0 Å². The Morgan fingerprint density at radius 3 is 2.73 bits per heavy atom. The zero-order valence-electron chi connectivity index (χ0n) is 8.74. The Balaban J connectivity index is 2.37. The van der Waals surface area contributed by atoms with Crippen molar-refractivity contribution in [2.45, 2.75) is 25.3 Å². The van der Waals surface area contributed by atoms with Crippen molar-refractivity contribution in [2.24, 2.45) is 0 Å². The lowest BCUT2D eigenvalue weighted by atomic mass is 10.2. The highest BCUT2D eigenvalue weighted by atomic mass is 35.6. The van der Waals surface area contributed by atoms with Gasteiger partial charge in [-0.15, -0.1) is 0 Å². The summed E-state index contributed by atoms with van der Waals surface area (Å²) < 4.78 is 0. The molecule has 1 aliphatic heterocycles. The van der Waals surface area contributed by atoms with E-state index in [0.717, 1.165) is 0 Å². The molecular formula is C8H17ClN2O3Si. The molecule has 1 unspecified atom stereocenters. The first-order valence-corrected chi connectivity index (χ1v) is 8.10. The number of carbonyl (C=O) groups is 1. The van der Waals surface area contributed by atoms with Gasteiger partial charge >= 0.3 is 13.9 Å². The van der Waals surface area contributed by atoms with Crippen molar-refractivity contribution in [3.63, 3.8) is 0 Å². The summed E-state index contributed by atoms with van der Waals surface area (Å²) in [4.78, 5) is 31.6. The molecule has 1 saturated heterocycles. The molecule has 0 bridgehead atoms. The maximum atomic E-state index is 11.2. The third kappa shape index (κ3) is 3.64. The second kappa shape index (κ2) is 5.15. The number of amides is 2. The molecule has 1 atom stereocenters. The van der Waals surface area contributed by atoms with E-state index in [-0.39, 0.29) is 11.6 Å². The highest BCUT2D eigenvalue weighted by Crippen LogP contribution is 2.28. The Kier molecular flexibility index (Phi) is 4.39. The van der Waals surface area contributed by atoms with E-state index in [0.29, 0.717) is 32.5 Å². The molecule has 7 heteroatoms. The minimum absolute atomic E-state index is 0.0810. The largest absolute Gasteiger partial charge is 0.441 e. The molecule has 15 heavy (non-hydrogen) atoms. The first kappa shape index (κ1) is 12.8. The van der Waals surface area contributed by atoms with Crippen molar-refractivity contribution < 1.29 is 14.4 Å². The second-order valence-electron chi connectivity index (χ2n) is 3.75. The minimum Gasteiger partial charge on any atom is -0.399 e. The molecule has 1 fully saturated rings. The molecule has 1 heterocycles. The fraction of sp³-hybridized carbons (Fsp3) is 0.875. The summed E-state index contributed by atoms with van der Waals surface area (Å²) in [5, 5.41) is 2.69. The zero-order chi connectivity index (χ0) is 11.5. The van der Waals surface area contributed by atoms with E-state index >= 15 is 0 Å². The van der Waals surface area contributed by atoms with Crippen LogP contribution in [0.5, 0.6) is 0 Å². The standard InChI is InChI=1S/C8H17ClN2O3Si/c1-2-7(15(9,13)14)3-5-11-6-4-10-8(11)12/h7,13-14H,2-6H2,1H3,(H,10,12). The van der Waals surface area contributed by atoms with E-state index in [2.05, 4.69) is 5.32 Å². The quantitative estimate of drug-likeness (QED) is 0.488. The topological polar surface area (TPSA) is 72.8 Å². The first-order chi connectivity index (χ1) is 6.95. The molecule has 0 spiro atoms. The van der Waals surface area contributed by atoms with E-state index in [1.807, 2.05) is 6.92 Å². The van der Waals surface area contributed by atoms with Gasteiger partial charge < -0.3 is 19.8 Å². The van der Waals surface area contributed by atoms with Crippen LogP contribution in [0.4, 0.5) is 4.79 Å². The Hall–Kier alpha value is -0.303. The lowest BCUT2D eigenvalue weighted by Gasteiger charge is -2.23. The first-order valence-electron chi connectivity index (χ1n) is 5.11. The molecule has 1 aliphatic rings. The molecule has 0 aromatic heterocycles. The van der Waals surface area contributed by atoms with Gasteiger partial charge in [0.2, 0.25) is 0 Å². The van der Waals surface area contributed by atoms with Gasteiger partial charge in [-0.2, -0.15) is 0 Å². The summed E-state index contributed by atoms with van der Waals surface area (Å²) >= 11 is 5.55. The van der Waals surface area contributed by atoms with Crippen LogP contribution in [0.3, 0.4) is 0 Å². The van der Waals surface area contributed by atoms with Gasteiger partial charge in [-0.05, 0) is 6.42 Å². The number of rotatable bonds is 5. The second-order valence-corrected chi connectivity index (χ2v) is 7.51. The molecule has 0 aliphatic carbocycles. The molecule has 88 valence electrons. The third-order valence-corrected chi connectivity index (χ3v) is 5.37. The number of nitrogens with zero attached hydrogens (tertiary/aromatic N) is 1. The van der Waals surface area contributed by atoms with Crippen LogP contribution in [0.15, 0.2) is 0 Å². The number of hydrogen-bond donors (Lipinski definition) is 3. The Bertz CT molecular complexity index is 234. The van der Waals surface area contributed by atoms with Gasteiger partial charge in [0.1, 0.15) is 0 Å². The van der Waals surface area contributed by atoms with Gasteiger partial charge in [-0.25, -0.2) is 4.79 Å². The van der Waals surface area contributed by atoms with Crippen LogP contribution in [0.1, 0.15) is 19.8 Å². The zero-order valence-corrected chi connectivity index (χ0v) is 10.5. The fourth-order valence-electron chi connectivity index (χ4n) is 1.68. The van der Waals surface area contributed by atoms with Crippen LogP contribution in [0.25, 0.3) is 0 Å². The van der Waals surface area contributed by atoms with Gasteiger partial charge in [0.25, 0.3) is 0 Å². The summed E-state index contributed by atoms with van der Waals surface area (Å²) in [6, 6.07) is -0.0810. The smallest absolute Gasteiger partial charge is 0.399 e. The Morgan fingerprint density at radius 2 is 2.33 bits per heavy atom. The van der Waals surface area contributed by atoms with E-state index in [1.165, 1.54) is 0 Å². The number of urea groups is 1. The van der Waals surface area contributed by atoms with Crippen molar-refractivity contribution >= 4 is 25.0 Å². The van der Waals surface area contributed by atoms with Gasteiger partial charge in [0.05, 0.1) is 0 Å². The normalized spacial score (nSPS) is 19.2. The van der Waals surface area contributed by atoms with Crippen molar-refractivity contribution in [1.82, 2.24) is 10.2 Å². The van der Waals surface area contributed by atoms with E-state index in [4.69, 9.17) is 11.1 Å². The lowest BCUT2D eigenvalue weighted by molar-refractivity contribution is 0.215. The summed E-state index contributed by atoms with van der Waals surface area (Å²) in [5.41, 5.74) is -0.285. The molecular weight excluding hydrogens is 236 g/mol. The molecule has 5 nitrogen and oxygen atoms in total. The van der Waals surface area contributed by atoms with Crippen molar-refractivity contribution in [2.75, 3.05) is 19.6 Å². The van der Waals surface area contributed by atoms with E-state index < -0.39 is 7.87 Å². The SMILES string of the molecule is CCC(CCN1CCNC1=O)[Si](O)(O)Cl. The number of halogens is 1. The minimum atomic E-state index is -3.57. The van der Waals surface area contributed by atoms with Gasteiger partial charge in [-0.1, -0.05) is 24.4 Å². The lowest BCUT2D eigenvalue weighted by Crippen LogP contribution is -2.37. The monoisotopic (exact) mass is 252 g/mol. The summed E-state index contributed by atoms with van der Waals surface area (Å²) in [6.07, 6.45) is 1.17. The summed E-state index contributed by atoms with van der Waals surface area (Å²) in [6.45, 7) is 3.75. The maximum absolute atomic E-state index is 11.2. The molecule has 0 saturated carbocycles. The molecule has 0 radical (unpaired) electrons. The number of nitrogens with one attached hydrogen (secondary N) is 1. The number of carbonyl (C=O) groups excluding carboxylic acids is 1. The summed E-state index contributed by atoms with van der Waals surface area (Å²) in [5.74, 6) is 0. The fourth-order valence-corrected chi connectivity index (χ4v) is 3.49. The van der Waals surface area contributed by atoms with Crippen molar-refractivity contribution in [1.29, 1.82) is 0 Å². The van der Waals surface area contributed by atoms with E-state index in [1.54, 1.807) is 4.90 Å². The molecule has 0 aromatic rings. The van der Waals surface area contributed by atoms with Crippen molar-refractivity contribution in [3.8, 4) is 0 Å². The van der Waals surface area contributed by atoms with Crippen LogP contribution in [-0.2, 0) is 0 Å². The van der Waals surface area contributed by atoms with Gasteiger partial charge in [-0.3, -0.25) is 0 Å². The summed E-state index contributed by atoms with van der Waals surface area (Å²) in [7, 11) is -3.57. The average Bonchev–Trinajstić information content (AvgIpc) is 2.50. The van der Waals surface area contributed by atoms with Crippen LogP contribution in [0.2, 0.25) is 5.54 Å². The van der Waals surface area contributed by atoms with Crippen molar-refractivity contribution in [3.05, 3.63) is 0 Å². The molecule has 3 N–H and O–H groups in total. The predicted octanol–water partition coefficient (Wildman–Crippen LogP) is 0.344. The van der Waals surface area contributed by atoms with Crippen LogP contribution >= 0.6 is 11.1 Å². The molecule has 2 amide bonds. The Morgan fingerprint density at radius 1 is 1.67 bits per heavy atom. The molecule has 1 rings (SSSR count). The van der Waals surface area contributed by atoms with Gasteiger partial charge in [0, 0.05) is 25.2 Å². The highest BCUT2D eigenvalue weighted by Gasteiger charge is 2.37. The van der Waals surface area contributed by atoms with Crippen LogP contribution in [-0.4, -0.2) is 48.0 Å². The maximum Gasteiger partial charge on any atom is 0.441 e. The molecule has 0 aromatic carbocycles. The average molecular weight is 253 g/mol. The van der Waals surface area contributed by atoms with Crippen LogP contribution in [0, 0.1) is 0 Å². The number of hydrogen-bond acceptors (Lipinski definition) is 3. The third-order valence-electron chi connectivity index (χ3n) is 2.70. The van der Waals surface area contributed by atoms with E-state index in [9.17, 15) is 14.4 Å².